The molecule has 29 heavy (non-hydrogen) atoms. The third-order valence-electron chi connectivity index (χ3n) is 5.10. The first kappa shape index (κ1) is 21.3. The van der Waals surface area contributed by atoms with Gasteiger partial charge in [-0.25, -0.2) is 13.4 Å². The van der Waals surface area contributed by atoms with Crippen LogP contribution in [0.2, 0.25) is 0 Å². The van der Waals surface area contributed by atoms with Crippen LogP contribution in [0.1, 0.15) is 38.7 Å². The van der Waals surface area contributed by atoms with E-state index in [1.807, 2.05) is 12.1 Å². The first-order valence-electron chi connectivity index (χ1n) is 10.1. The molecule has 1 aliphatic heterocycles. The molecule has 1 fully saturated rings. The average Bonchev–Trinajstić information content (AvgIpc) is 2.77. The van der Waals surface area contributed by atoms with Crippen molar-refractivity contribution < 1.29 is 8.42 Å². The fourth-order valence-electron chi connectivity index (χ4n) is 3.39. The fraction of sp³-hybridized carbons (Fsp3) is 0.429. The van der Waals surface area contributed by atoms with Crippen LogP contribution in [0.4, 0.5) is 11.5 Å². The molecule has 1 N–H and O–H groups in total. The second-order valence-electron chi connectivity index (χ2n) is 6.98. The molecule has 1 aromatic carbocycles. The van der Waals surface area contributed by atoms with E-state index in [4.69, 9.17) is 0 Å². The van der Waals surface area contributed by atoms with Gasteiger partial charge >= 0.3 is 0 Å². The quantitative estimate of drug-likeness (QED) is 0.527. The van der Waals surface area contributed by atoms with Gasteiger partial charge in [-0.15, -0.1) is 0 Å². The zero-order chi connectivity index (χ0) is 20.7. The van der Waals surface area contributed by atoms with Crippen molar-refractivity contribution in [3.05, 3.63) is 48.2 Å². The van der Waals surface area contributed by atoms with Crippen LogP contribution in [0.15, 0.2) is 52.6 Å². The molecule has 7 nitrogen and oxygen atoms in total. The largest absolute Gasteiger partial charge is 0.372 e. The third kappa shape index (κ3) is 5.33. The first-order valence-corrected chi connectivity index (χ1v) is 11.6. The van der Waals surface area contributed by atoms with Crippen molar-refractivity contribution in [1.29, 1.82) is 0 Å². The minimum absolute atomic E-state index is 0.223. The lowest BCUT2D eigenvalue weighted by molar-refractivity contribution is 0.346. The van der Waals surface area contributed by atoms with Crippen LogP contribution >= 0.6 is 0 Å². The molecule has 0 saturated carbocycles. The SMILES string of the molecule is CCN(CC)c1ccc(/C=N/Nc2ccc(S(=O)(=O)N3CCCCC3)cn2)cc1. The van der Waals surface area contributed by atoms with Gasteiger partial charge in [0.2, 0.25) is 10.0 Å². The number of hydrogen-bond donors (Lipinski definition) is 1. The Labute approximate surface area is 173 Å². The van der Waals surface area contributed by atoms with Crippen LogP contribution in [0.5, 0.6) is 0 Å². The summed E-state index contributed by atoms with van der Waals surface area (Å²) < 4.78 is 26.8. The average molecular weight is 416 g/mol. The van der Waals surface area contributed by atoms with Crippen molar-refractivity contribution in [2.24, 2.45) is 5.10 Å². The zero-order valence-corrected chi connectivity index (χ0v) is 17.9. The van der Waals surface area contributed by atoms with Crippen LogP contribution in [0.25, 0.3) is 0 Å². The monoisotopic (exact) mass is 415 g/mol. The van der Waals surface area contributed by atoms with E-state index >= 15 is 0 Å². The van der Waals surface area contributed by atoms with Crippen molar-refractivity contribution >= 4 is 27.7 Å². The van der Waals surface area contributed by atoms with Crippen LogP contribution < -0.4 is 10.3 Å². The van der Waals surface area contributed by atoms with Gasteiger partial charge in [0.05, 0.1) is 6.21 Å². The number of pyridine rings is 1. The number of nitrogens with one attached hydrogen (secondary N) is 1. The molecular weight excluding hydrogens is 386 g/mol. The van der Waals surface area contributed by atoms with Gasteiger partial charge in [0.1, 0.15) is 10.7 Å². The molecule has 0 amide bonds. The molecule has 2 heterocycles. The molecule has 0 spiro atoms. The highest BCUT2D eigenvalue weighted by atomic mass is 32.2. The molecule has 1 aliphatic rings. The minimum atomic E-state index is -3.46. The van der Waals surface area contributed by atoms with Crippen molar-refractivity contribution in [2.45, 2.75) is 38.0 Å². The summed E-state index contributed by atoms with van der Waals surface area (Å²) in [4.78, 5) is 6.70. The number of piperidine rings is 1. The lowest BCUT2D eigenvalue weighted by Crippen LogP contribution is -2.35. The van der Waals surface area contributed by atoms with Crippen molar-refractivity contribution in [1.82, 2.24) is 9.29 Å². The molecule has 156 valence electrons. The summed E-state index contributed by atoms with van der Waals surface area (Å²) in [6.07, 6.45) is 6.02. The van der Waals surface area contributed by atoms with E-state index < -0.39 is 10.0 Å². The summed E-state index contributed by atoms with van der Waals surface area (Å²) >= 11 is 0. The Morgan fingerprint density at radius 2 is 1.76 bits per heavy atom. The number of aromatic nitrogens is 1. The van der Waals surface area contributed by atoms with Gasteiger partial charge in [-0.2, -0.15) is 9.41 Å². The minimum Gasteiger partial charge on any atom is -0.372 e. The van der Waals surface area contributed by atoms with Gasteiger partial charge in [0.25, 0.3) is 0 Å². The highest BCUT2D eigenvalue weighted by Gasteiger charge is 2.26. The Bertz CT molecular complexity index is 901. The summed E-state index contributed by atoms with van der Waals surface area (Å²) in [5.74, 6) is 0.499. The third-order valence-corrected chi connectivity index (χ3v) is 6.99. The highest BCUT2D eigenvalue weighted by Crippen LogP contribution is 2.20. The highest BCUT2D eigenvalue weighted by molar-refractivity contribution is 7.89. The number of sulfonamides is 1. The molecule has 0 atom stereocenters. The van der Waals surface area contributed by atoms with E-state index in [0.29, 0.717) is 18.9 Å². The van der Waals surface area contributed by atoms with Crippen LogP contribution in [-0.2, 0) is 10.0 Å². The number of nitrogens with zero attached hydrogens (tertiary/aromatic N) is 4. The molecule has 0 aliphatic carbocycles. The van der Waals surface area contributed by atoms with E-state index in [9.17, 15) is 8.42 Å². The maximum Gasteiger partial charge on any atom is 0.244 e. The number of rotatable bonds is 8. The van der Waals surface area contributed by atoms with Crippen molar-refractivity contribution in [2.75, 3.05) is 36.5 Å². The lowest BCUT2D eigenvalue weighted by Gasteiger charge is -2.25. The maximum absolute atomic E-state index is 12.6. The van der Waals surface area contributed by atoms with Crippen LogP contribution in [-0.4, -0.2) is 50.1 Å². The Morgan fingerprint density at radius 3 is 2.34 bits per heavy atom. The summed E-state index contributed by atoms with van der Waals surface area (Å²) in [6, 6.07) is 11.4. The van der Waals surface area contributed by atoms with E-state index in [1.165, 1.54) is 11.9 Å². The predicted octanol–water partition coefficient (Wildman–Crippen LogP) is 3.55. The lowest BCUT2D eigenvalue weighted by atomic mass is 10.2. The molecule has 0 bridgehead atoms. The molecule has 8 heteroatoms. The van der Waals surface area contributed by atoms with E-state index in [1.54, 1.807) is 22.7 Å². The summed E-state index contributed by atoms with van der Waals surface area (Å²) in [5, 5.41) is 4.20. The predicted molar refractivity (Wildman–Crippen MR) is 118 cm³/mol. The molecule has 3 rings (SSSR count). The Kier molecular flexibility index (Phi) is 7.22. The van der Waals surface area contributed by atoms with Gasteiger partial charge in [-0.3, -0.25) is 5.43 Å². The van der Waals surface area contributed by atoms with Crippen molar-refractivity contribution in [3.63, 3.8) is 0 Å². The molecule has 1 aromatic heterocycles. The van der Waals surface area contributed by atoms with Gasteiger partial charge in [0.15, 0.2) is 0 Å². The second-order valence-corrected chi connectivity index (χ2v) is 8.92. The van der Waals surface area contributed by atoms with E-state index in [2.05, 4.69) is 46.4 Å². The topological polar surface area (TPSA) is 77.9 Å². The summed E-state index contributed by atoms with van der Waals surface area (Å²) in [6.45, 7) is 7.39. The fourth-order valence-corrected chi connectivity index (χ4v) is 4.85. The zero-order valence-electron chi connectivity index (χ0n) is 17.1. The summed E-state index contributed by atoms with van der Waals surface area (Å²) in [5.41, 5.74) is 5.01. The van der Waals surface area contributed by atoms with Crippen LogP contribution in [0.3, 0.4) is 0 Å². The number of hydrogen-bond acceptors (Lipinski definition) is 6. The van der Waals surface area contributed by atoms with E-state index in [-0.39, 0.29) is 4.90 Å². The summed E-state index contributed by atoms with van der Waals surface area (Å²) in [7, 11) is -3.46. The first-order chi connectivity index (χ1) is 14.0. The van der Waals surface area contributed by atoms with Gasteiger partial charge in [-0.1, -0.05) is 18.6 Å². The number of hydrazone groups is 1. The molecule has 0 radical (unpaired) electrons. The maximum atomic E-state index is 12.6. The Balaban J connectivity index is 1.60. The number of anilines is 2. The normalized spacial score (nSPS) is 15.5. The smallest absolute Gasteiger partial charge is 0.244 e. The molecule has 1 saturated heterocycles. The standard InChI is InChI=1S/C21H29N5O2S/c1-3-25(4-2)19-10-8-18(9-11-19)16-23-24-21-13-12-20(17-22-21)29(27,28)26-14-6-5-7-15-26/h8-13,16-17H,3-7,14-15H2,1-2H3,(H,22,24)/b23-16+. The van der Waals surface area contributed by atoms with Gasteiger partial charge in [0, 0.05) is 38.1 Å². The Hall–Kier alpha value is -2.45. The van der Waals surface area contributed by atoms with Gasteiger partial charge < -0.3 is 4.90 Å². The molecule has 2 aromatic rings. The molecule has 0 unspecified atom stereocenters. The van der Waals surface area contributed by atoms with E-state index in [0.717, 1.165) is 37.9 Å². The van der Waals surface area contributed by atoms with Crippen molar-refractivity contribution in [3.8, 4) is 0 Å². The molecular formula is C21H29N5O2S. The second kappa shape index (κ2) is 9.84. The van der Waals surface area contributed by atoms with Crippen LogP contribution in [0, 0.1) is 0 Å². The number of benzene rings is 1. The Morgan fingerprint density at radius 1 is 1.07 bits per heavy atom. The van der Waals surface area contributed by atoms with Gasteiger partial charge in [-0.05, 0) is 56.5 Å².